The number of aliphatic hydroxyl groups is 1. The Morgan fingerprint density at radius 2 is 2.15 bits per heavy atom. The second kappa shape index (κ2) is 5.85. The number of halogens is 1. The number of hydrogen-bond acceptors (Lipinski definition) is 2. The lowest BCUT2D eigenvalue weighted by molar-refractivity contribution is 0.0924. The minimum atomic E-state index is -0.150. The summed E-state index contributed by atoms with van der Waals surface area (Å²) in [5.74, 6) is -0.150. The van der Waals surface area contributed by atoms with E-state index in [4.69, 9.17) is 16.7 Å². The second-order valence-corrected chi connectivity index (χ2v) is 6.17. The largest absolute Gasteiger partial charge is 0.396 e. The van der Waals surface area contributed by atoms with Crippen LogP contribution in [0.1, 0.15) is 30.8 Å². The molecule has 0 spiro atoms. The molecule has 0 unspecified atom stereocenters. The molecule has 0 atom stereocenters. The first-order chi connectivity index (χ1) is 9.41. The molecule has 1 heterocycles. The SMILES string of the molecule is CC(C)(CCO)CNC(=O)c1cc2ccc(Cl)cc2[nH]1. The van der Waals surface area contributed by atoms with Gasteiger partial charge in [-0.05, 0) is 30.0 Å². The number of fused-ring (bicyclic) bond motifs is 1. The van der Waals surface area contributed by atoms with Crippen LogP contribution in [0.4, 0.5) is 0 Å². The van der Waals surface area contributed by atoms with Crippen molar-refractivity contribution in [3.63, 3.8) is 0 Å². The van der Waals surface area contributed by atoms with E-state index in [1.807, 2.05) is 19.9 Å². The van der Waals surface area contributed by atoms with Gasteiger partial charge >= 0.3 is 0 Å². The molecule has 2 rings (SSSR count). The summed E-state index contributed by atoms with van der Waals surface area (Å²) in [5.41, 5.74) is 1.24. The van der Waals surface area contributed by atoms with Gasteiger partial charge in [0.15, 0.2) is 0 Å². The molecule has 4 nitrogen and oxygen atoms in total. The van der Waals surface area contributed by atoms with E-state index < -0.39 is 0 Å². The van der Waals surface area contributed by atoms with Gasteiger partial charge in [0.05, 0.1) is 0 Å². The van der Waals surface area contributed by atoms with Gasteiger partial charge < -0.3 is 15.4 Å². The minimum Gasteiger partial charge on any atom is -0.396 e. The van der Waals surface area contributed by atoms with Crippen molar-refractivity contribution in [2.45, 2.75) is 20.3 Å². The van der Waals surface area contributed by atoms with E-state index in [1.54, 1.807) is 18.2 Å². The number of H-pyrrole nitrogens is 1. The van der Waals surface area contributed by atoms with Crippen molar-refractivity contribution in [3.05, 3.63) is 35.0 Å². The molecule has 1 aromatic heterocycles. The van der Waals surface area contributed by atoms with Crippen LogP contribution in [0.15, 0.2) is 24.3 Å². The molecule has 1 amide bonds. The van der Waals surface area contributed by atoms with E-state index in [9.17, 15) is 4.79 Å². The zero-order valence-electron chi connectivity index (χ0n) is 11.7. The summed E-state index contributed by atoms with van der Waals surface area (Å²) in [6, 6.07) is 7.27. The van der Waals surface area contributed by atoms with Gasteiger partial charge in [0.1, 0.15) is 5.69 Å². The summed E-state index contributed by atoms with van der Waals surface area (Å²) in [5, 5.41) is 13.4. The van der Waals surface area contributed by atoms with Gasteiger partial charge in [0, 0.05) is 29.1 Å². The quantitative estimate of drug-likeness (QED) is 0.794. The lowest BCUT2D eigenvalue weighted by Gasteiger charge is -2.23. The third kappa shape index (κ3) is 3.52. The lowest BCUT2D eigenvalue weighted by atomic mass is 9.90. The Hall–Kier alpha value is -1.52. The number of rotatable bonds is 5. The number of nitrogens with one attached hydrogen (secondary N) is 2. The predicted octanol–water partition coefficient (Wildman–Crippen LogP) is 2.96. The van der Waals surface area contributed by atoms with E-state index in [-0.39, 0.29) is 17.9 Å². The molecule has 0 radical (unpaired) electrons. The fourth-order valence-electron chi connectivity index (χ4n) is 2.03. The number of carbonyl (C=O) groups excluding carboxylic acids is 1. The number of aliphatic hydroxyl groups excluding tert-OH is 1. The van der Waals surface area contributed by atoms with Gasteiger partial charge in [-0.2, -0.15) is 0 Å². The molecule has 3 N–H and O–H groups in total. The molecule has 0 aliphatic heterocycles. The second-order valence-electron chi connectivity index (χ2n) is 5.74. The average molecular weight is 295 g/mol. The topological polar surface area (TPSA) is 65.1 Å². The first-order valence-corrected chi connectivity index (χ1v) is 6.96. The Bertz CT molecular complexity index is 619. The molecule has 0 saturated heterocycles. The zero-order chi connectivity index (χ0) is 14.8. The van der Waals surface area contributed by atoms with Crippen LogP contribution < -0.4 is 5.32 Å². The van der Waals surface area contributed by atoms with Gasteiger partial charge in [-0.3, -0.25) is 4.79 Å². The third-order valence-electron chi connectivity index (χ3n) is 3.35. The van der Waals surface area contributed by atoms with Crippen LogP contribution in [0.25, 0.3) is 10.9 Å². The highest BCUT2D eigenvalue weighted by molar-refractivity contribution is 6.31. The molecule has 20 heavy (non-hydrogen) atoms. The molecule has 0 aliphatic rings. The number of amides is 1. The van der Waals surface area contributed by atoms with Crippen LogP contribution in [0, 0.1) is 5.41 Å². The Labute approximate surface area is 123 Å². The molecule has 2 aromatic rings. The summed E-state index contributed by atoms with van der Waals surface area (Å²) in [6.45, 7) is 4.65. The van der Waals surface area contributed by atoms with Crippen LogP contribution in [-0.4, -0.2) is 29.1 Å². The molecule has 0 aliphatic carbocycles. The molecule has 0 saturated carbocycles. The molecule has 0 bridgehead atoms. The van der Waals surface area contributed by atoms with Gasteiger partial charge in [-0.25, -0.2) is 0 Å². The Balaban J connectivity index is 2.08. The van der Waals surface area contributed by atoms with Gasteiger partial charge in [0.25, 0.3) is 5.91 Å². The molecular weight excluding hydrogens is 276 g/mol. The monoisotopic (exact) mass is 294 g/mol. The van der Waals surface area contributed by atoms with Crippen LogP contribution >= 0.6 is 11.6 Å². The number of benzene rings is 1. The summed E-state index contributed by atoms with van der Waals surface area (Å²) in [4.78, 5) is 15.2. The van der Waals surface area contributed by atoms with E-state index >= 15 is 0 Å². The van der Waals surface area contributed by atoms with Gasteiger partial charge in [0.2, 0.25) is 0 Å². The maximum absolute atomic E-state index is 12.1. The zero-order valence-corrected chi connectivity index (χ0v) is 12.4. The molecule has 5 heteroatoms. The highest BCUT2D eigenvalue weighted by Crippen LogP contribution is 2.21. The first-order valence-electron chi connectivity index (χ1n) is 6.59. The van der Waals surface area contributed by atoms with E-state index in [0.717, 1.165) is 10.9 Å². The van der Waals surface area contributed by atoms with Crippen molar-refractivity contribution in [3.8, 4) is 0 Å². The van der Waals surface area contributed by atoms with E-state index in [0.29, 0.717) is 23.7 Å². The molecule has 0 fully saturated rings. The summed E-state index contributed by atoms with van der Waals surface area (Å²) in [7, 11) is 0. The van der Waals surface area contributed by atoms with E-state index in [1.165, 1.54) is 0 Å². The van der Waals surface area contributed by atoms with Crippen LogP contribution in [-0.2, 0) is 0 Å². The number of aromatic amines is 1. The third-order valence-corrected chi connectivity index (χ3v) is 3.58. The first kappa shape index (κ1) is 14.9. The fraction of sp³-hybridized carbons (Fsp3) is 0.400. The average Bonchev–Trinajstić information content (AvgIpc) is 2.79. The number of hydrogen-bond donors (Lipinski definition) is 3. The Morgan fingerprint density at radius 3 is 2.85 bits per heavy atom. The molecule has 108 valence electrons. The minimum absolute atomic E-state index is 0.119. The standard InChI is InChI=1S/C15H19ClN2O2/c1-15(2,5-6-19)9-17-14(20)13-7-10-3-4-11(16)8-12(10)18-13/h3-4,7-8,18-19H,5-6,9H2,1-2H3,(H,17,20). The van der Waals surface area contributed by atoms with Crippen molar-refractivity contribution in [1.29, 1.82) is 0 Å². The molecule has 1 aromatic carbocycles. The van der Waals surface area contributed by atoms with Crippen molar-refractivity contribution >= 4 is 28.4 Å². The fourth-order valence-corrected chi connectivity index (χ4v) is 2.20. The van der Waals surface area contributed by atoms with Crippen LogP contribution in [0.2, 0.25) is 5.02 Å². The van der Waals surface area contributed by atoms with Crippen molar-refractivity contribution in [2.75, 3.05) is 13.2 Å². The maximum Gasteiger partial charge on any atom is 0.267 e. The van der Waals surface area contributed by atoms with Crippen molar-refractivity contribution < 1.29 is 9.90 Å². The lowest BCUT2D eigenvalue weighted by Crippen LogP contribution is -2.34. The van der Waals surface area contributed by atoms with Crippen molar-refractivity contribution in [1.82, 2.24) is 10.3 Å². The highest BCUT2D eigenvalue weighted by Gasteiger charge is 2.19. The summed E-state index contributed by atoms with van der Waals surface area (Å²) >= 11 is 5.92. The van der Waals surface area contributed by atoms with Gasteiger partial charge in [-0.1, -0.05) is 31.5 Å². The normalized spacial score (nSPS) is 11.8. The van der Waals surface area contributed by atoms with Crippen LogP contribution in [0.3, 0.4) is 0 Å². The highest BCUT2D eigenvalue weighted by atomic mass is 35.5. The summed E-state index contributed by atoms with van der Waals surface area (Å²) in [6.07, 6.45) is 0.648. The van der Waals surface area contributed by atoms with Crippen molar-refractivity contribution in [2.24, 2.45) is 5.41 Å². The Morgan fingerprint density at radius 1 is 1.40 bits per heavy atom. The number of aromatic nitrogens is 1. The van der Waals surface area contributed by atoms with Gasteiger partial charge in [-0.15, -0.1) is 0 Å². The number of carbonyl (C=O) groups is 1. The summed E-state index contributed by atoms with van der Waals surface area (Å²) < 4.78 is 0. The van der Waals surface area contributed by atoms with Crippen LogP contribution in [0.5, 0.6) is 0 Å². The predicted molar refractivity (Wildman–Crippen MR) is 81.1 cm³/mol. The van der Waals surface area contributed by atoms with E-state index in [2.05, 4.69) is 10.3 Å². The maximum atomic E-state index is 12.1. The smallest absolute Gasteiger partial charge is 0.267 e. The Kier molecular flexibility index (Phi) is 4.35. The molecular formula is C15H19ClN2O2.